The number of hydrogen-bond acceptors (Lipinski definition) is 5. The van der Waals surface area contributed by atoms with Crippen LogP contribution in [-0.4, -0.2) is 39.4 Å². The van der Waals surface area contributed by atoms with Gasteiger partial charge in [-0.15, -0.1) is 0 Å². The van der Waals surface area contributed by atoms with Crippen LogP contribution in [0.1, 0.15) is 5.56 Å². The van der Waals surface area contributed by atoms with Gasteiger partial charge in [0.25, 0.3) is 0 Å². The van der Waals surface area contributed by atoms with Crippen LogP contribution in [0.15, 0.2) is 24.3 Å². The van der Waals surface area contributed by atoms with Crippen LogP contribution < -0.4 is 9.84 Å². The van der Waals surface area contributed by atoms with E-state index in [1.807, 2.05) is 0 Å². The molecule has 0 aromatic heterocycles. The zero-order valence-corrected chi connectivity index (χ0v) is 10.9. The van der Waals surface area contributed by atoms with Gasteiger partial charge in [-0.3, -0.25) is 0 Å². The lowest BCUT2D eigenvalue weighted by atomic mass is 10.2. The molecule has 0 aliphatic rings. The van der Waals surface area contributed by atoms with Gasteiger partial charge in [0, 0.05) is 7.05 Å². The fourth-order valence-electron chi connectivity index (χ4n) is 1.36. The highest BCUT2D eigenvalue weighted by atomic mass is 32.2. The first-order chi connectivity index (χ1) is 8.35. The van der Waals surface area contributed by atoms with Crippen molar-refractivity contribution in [2.75, 3.05) is 20.7 Å². The minimum Gasteiger partial charge on any atom is -0.549 e. The average Bonchev–Trinajstić information content (AvgIpc) is 2.27. The predicted molar refractivity (Wildman–Crippen MR) is 63.3 cm³/mol. The lowest BCUT2D eigenvalue weighted by Gasteiger charge is -2.17. The second kappa shape index (κ2) is 5.83. The average molecular weight is 272 g/mol. The molecule has 1 aromatic rings. The third kappa shape index (κ3) is 4.01. The largest absolute Gasteiger partial charge is 0.549 e. The van der Waals surface area contributed by atoms with Crippen LogP contribution in [-0.2, 0) is 20.6 Å². The number of carboxylic acids is 1. The summed E-state index contributed by atoms with van der Waals surface area (Å²) in [6, 6.07) is 6.58. The molecule has 0 aliphatic heterocycles. The molecule has 0 radical (unpaired) electrons. The van der Waals surface area contributed by atoms with E-state index in [-0.39, 0.29) is 5.75 Å². The van der Waals surface area contributed by atoms with Crippen molar-refractivity contribution in [1.82, 2.24) is 4.31 Å². The molecule has 0 bridgehead atoms. The third-order valence-electron chi connectivity index (χ3n) is 2.31. The molecule has 0 atom stereocenters. The van der Waals surface area contributed by atoms with Crippen molar-refractivity contribution >= 4 is 16.0 Å². The number of carboxylic acid groups (broad SMARTS) is 1. The SMILES string of the molecule is COc1cccc(CS(=O)(=O)N(C)CC(=O)[O-])c1. The van der Waals surface area contributed by atoms with Crippen molar-refractivity contribution in [3.63, 3.8) is 0 Å². The van der Waals surface area contributed by atoms with Crippen molar-refractivity contribution in [2.24, 2.45) is 0 Å². The van der Waals surface area contributed by atoms with E-state index < -0.39 is 22.5 Å². The maximum absolute atomic E-state index is 11.8. The summed E-state index contributed by atoms with van der Waals surface area (Å²) >= 11 is 0. The van der Waals surface area contributed by atoms with Crippen LogP contribution >= 0.6 is 0 Å². The first-order valence-electron chi connectivity index (χ1n) is 5.12. The summed E-state index contributed by atoms with van der Waals surface area (Å²) in [6.45, 7) is -0.660. The molecular weight excluding hydrogens is 258 g/mol. The van der Waals surface area contributed by atoms with E-state index in [4.69, 9.17) is 4.74 Å². The fraction of sp³-hybridized carbons (Fsp3) is 0.364. The standard InChI is InChI=1S/C11H15NO5S/c1-12(7-11(13)14)18(15,16)8-9-4-3-5-10(6-9)17-2/h3-6H,7-8H2,1-2H3,(H,13,14)/p-1. The molecule has 0 fully saturated rings. The number of sulfonamides is 1. The molecule has 0 heterocycles. The van der Waals surface area contributed by atoms with Crippen LogP contribution in [0.5, 0.6) is 5.75 Å². The summed E-state index contributed by atoms with van der Waals surface area (Å²) in [7, 11) is -0.995. The molecule has 18 heavy (non-hydrogen) atoms. The molecule has 0 saturated carbocycles. The maximum atomic E-state index is 11.8. The summed E-state index contributed by atoms with van der Waals surface area (Å²) in [5, 5.41) is 10.4. The normalized spacial score (nSPS) is 11.5. The number of carbonyl (C=O) groups excluding carboxylic acids is 1. The maximum Gasteiger partial charge on any atom is 0.218 e. The van der Waals surface area contributed by atoms with Gasteiger partial charge in [-0.25, -0.2) is 8.42 Å². The molecule has 6 nitrogen and oxygen atoms in total. The molecule has 0 saturated heterocycles. The second-order valence-corrected chi connectivity index (χ2v) is 5.81. The number of carbonyl (C=O) groups is 1. The molecule has 0 N–H and O–H groups in total. The number of aliphatic carboxylic acids is 1. The first kappa shape index (κ1) is 14.5. The van der Waals surface area contributed by atoms with Gasteiger partial charge in [-0.05, 0) is 17.7 Å². The van der Waals surface area contributed by atoms with Gasteiger partial charge in [-0.1, -0.05) is 12.1 Å². The molecule has 0 spiro atoms. The Balaban J connectivity index is 2.84. The quantitative estimate of drug-likeness (QED) is 0.677. The summed E-state index contributed by atoms with van der Waals surface area (Å²) in [5.41, 5.74) is 0.527. The van der Waals surface area contributed by atoms with E-state index in [1.54, 1.807) is 24.3 Å². The summed E-state index contributed by atoms with van der Waals surface area (Å²) in [6.07, 6.45) is 0. The minimum atomic E-state index is -3.68. The van der Waals surface area contributed by atoms with Gasteiger partial charge in [0.2, 0.25) is 10.0 Å². The molecule has 0 unspecified atom stereocenters. The Labute approximate surface area is 106 Å². The summed E-state index contributed by atoms with van der Waals surface area (Å²) in [4.78, 5) is 10.4. The lowest BCUT2D eigenvalue weighted by molar-refractivity contribution is -0.305. The van der Waals surface area contributed by atoms with Crippen LogP contribution in [0.2, 0.25) is 0 Å². The van der Waals surface area contributed by atoms with Crippen LogP contribution in [0.3, 0.4) is 0 Å². The van der Waals surface area contributed by atoms with Crippen molar-refractivity contribution in [3.05, 3.63) is 29.8 Å². The van der Waals surface area contributed by atoms with Crippen molar-refractivity contribution in [2.45, 2.75) is 5.75 Å². The van der Waals surface area contributed by atoms with Crippen LogP contribution in [0.25, 0.3) is 0 Å². The number of benzene rings is 1. The second-order valence-electron chi connectivity index (χ2n) is 3.74. The van der Waals surface area contributed by atoms with Crippen molar-refractivity contribution in [1.29, 1.82) is 0 Å². The zero-order valence-electron chi connectivity index (χ0n) is 10.1. The van der Waals surface area contributed by atoms with E-state index in [1.165, 1.54) is 14.2 Å². The van der Waals surface area contributed by atoms with Crippen LogP contribution in [0, 0.1) is 0 Å². The lowest BCUT2D eigenvalue weighted by Crippen LogP contribution is -2.39. The Bertz CT molecular complexity index is 526. The van der Waals surface area contributed by atoms with E-state index >= 15 is 0 Å². The number of likely N-dealkylation sites (N-methyl/N-ethyl adjacent to an activating group) is 1. The number of rotatable bonds is 6. The van der Waals surface area contributed by atoms with E-state index in [2.05, 4.69) is 0 Å². The highest BCUT2D eigenvalue weighted by Gasteiger charge is 2.18. The molecular formula is C11H14NO5S-. The van der Waals surface area contributed by atoms with Crippen molar-refractivity contribution < 1.29 is 23.1 Å². The monoisotopic (exact) mass is 272 g/mol. The fourth-order valence-corrected chi connectivity index (χ4v) is 2.49. The molecule has 0 aliphatic carbocycles. The van der Waals surface area contributed by atoms with E-state index in [0.29, 0.717) is 11.3 Å². The minimum absolute atomic E-state index is 0.284. The Morgan fingerprint density at radius 3 is 2.67 bits per heavy atom. The molecule has 1 rings (SSSR count). The van der Waals surface area contributed by atoms with Gasteiger partial charge in [-0.2, -0.15) is 4.31 Å². The molecule has 100 valence electrons. The number of hydrogen-bond donors (Lipinski definition) is 0. The topological polar surface area (TPSA) is 86.7 Å². The third-order valence-corrected chi connectivity index (χ3v) is 4.09. The highest BCUT2D eigenvalue weighted by Crippen LogP contribution is 2.16. The predicted octanol–water partition coefficient (Wildman–Crippen LogP) is -0.793. The van der Waals surface area contributed by atoms with Crippen molar-refractivity contribution in [3.8, 4) is 5.75 Å². The number of nitrogens with zero attached hydrogens (tertiary/aromatic N) is 1. The van der Waals surface area contributed by atoms with E-state index in [0.717, 1.165) is 4.31 Å². The zero-order chi connectivity index (χ0) is 13.8. The first-order valence-corrected chi connectivity index (χ1v) is 6.73. The Kier molecular flexibility index (Phi) is 4.69. The number of methoxy groups -OCH3 is 1. The summed E-state index contributed by atoms with van der Waals surface area (Å²) in [5.74, 6) is -1.18. The number of ether oxygens (including phenoxy) is 1. The van der Waals surface area contributed by atoms with E-state index in [9.17, 15) is 18.3 Å². The smallest absolute Gasteiger partial charge is 0.218 e. The van der Waals surface area contributed by atoms with Gasteiger partial charge in [0.1, 0.15) is 5.75 Å². The van der Waals surface area contributed by atoms with Gasteiger partial charge < -0.3 is 14.6 Å². The molecule has 7 heteroatoms. The highest BCUT2D eigenvalue weighted by molar-refractivity contribution is 7.88. The molecule has 0 amide bonds. The van der Waals surface area contributed by atoms with Gasteiger partial charge in [0.15, 0.2) is 0 Å². The Morgan fingerprint density at radius 2 is 2.11 bits per heavy atom. The van der Waals surface area contributed by atoms with Gasteiger partial charge in [0.05, 0.1) is 25.4 Å². The Morgan fingerprint density at radius 1 is 1.44 bits per heavy atom. The van der Waals surface area contributed by atoms with Gasteiger partial charge >= 0.3 is 0 Å². The van der Waals surface area contributed by atoms with Crippen LogP contribution in [0.4, 0.5) is 0 Å². The Hall–Kier alpha value is -1.60. The molecule has 1 aromatic carbocycles. The summed E-state index contributed by atoms with van der Waals surface area (Å²) < 4.78 is 29.4.